The molecule has 0 aromatic heterocycles. The molecule has 43 heavy (non-hydrogen) atoms. The average Bonchev–Trinajstić information content (AvgIpc) is 3.58. The molecule has 3 aromatic carbocycles. The van der Waals surface area contributed by atoms with Crippen LogP contribution in [-0.4, -0.2) is 59.1 Å². The maximum atomic E-state index is 14.0. The van der Waals surface area contributed by atoms with E-state index in [1.807, 2.05) is 97.9 Å². The second-order valence-corrected chi connectivity index (χ2v) is 11.0. The van der Waals surface area contributed by atoms with Crippen molar-refractivity contribution in [3.05, 3.63) is 119 Å². The summed E-state index contributed by atoms with van der Waals surface area (Å²) in [7, 11) is 0. The van der Waals surface area contributed by atoms with Crippen molar-refractivity contribution in [2.24, 2.45) is 5.92 Å². The van der Waals surface area contributed by atoms with E-state index in [1.165, 1.54) is 9.80 Å². The normalized spacial score (nSPS) is 19.2. The summed E-state index contributed by atoms with van der Waals surface area (Å²) in [5.74, 6) is -1.30. The fourth-order valence-corrected chi connectivity index (χ4v) is 5.64. The van der Waals surface area contributed by atoms with Crippen LogP contribution >= 0.6 is 0 Å². The van der Waals surface area contributed by atoms with Crippen molar-refractivity contribution in [2.45, 2.75) is 51.1 Å². The maximum absolute atomic E-state index is 14.0. The van der Waals surface area contributed by atoms with Gasteiger partial charge in [0, 0.05) is 17.9 Å². The Balaban J connectivity index is 1.37. The van der Waals surface area contributed by atoms with Gasteiger partial charge in [0.25, 0.3) is 5.91 Å². The van der Waals surface area contributed by atoms with Crippen LogP contribution < -0.4 is 0 Å². The number of hydrogen-bond donors (Lipinski definition) is 0. The zero-order chi connectivity index (χ0) is 30.2. The molecule has 2 saturated heterocycles. The quantitative estimate of drug-likeness (QED) is 0.268. The average molecular weight is 581 g/mol. The Labute approximate surface area is 251 Å². The molecule has 0 bridgehead atoms. The highest BCUT2D eigenvalue weighted by atomic mass is 16.6. The number of allylic oxidation sites excluding steroid dienone is 1. The third-order valence-electron chi connectivity index (χ3n) is 8.01. The highest BCUT2D eigenvalue weighted by Gasteiger charge is 2.41. The monoisotopic (exact) mass is 580 g/mol. The van der Waals surface area contributed by atoms with Gasteiger partial charge in [0.1, 0.15) is 13.2 Å². The lowest BCUT2D eigenvalue weighted by atomic mass is 9.95. The Hall–Kier alpha value is -4.72. The summed E-state index contributed by atoms with van der Waals surface area (Å²) in [5.41, 5.74) is 3.31. The van der Waals surface area contributed by atoms with Crippen molar-refractivity contribution < 1.29 is 28.7 Å². The molecule has 5 rings (SSSR count). The number of amides is 4. The van der Waals surface area contributed by atoms with Crippen LogP contribution in [0.1, 0.15) is 36.5 Å². The van der Waals surface area contributed by atoms with Gasteiger partial charge in [-0.3, -0.25) is 9.59 Å². The molecule has 3 atom stereocenters. The molecule has 2 heterocycles. The standard InChI is InChI=1S/C35H36N2O6/c1-2-28(32(38)36-30(23-42-34(36)40)21-26-14-8-4-9-15-26)18-19-29(20-25-12-6-3-7-13-25)33(39)37-31(24-43-35(37)41)22-27-16-10-5-11-17-27/h3-17,19,28,30-31H,2,18,20-24H2,1H3/t28-,30-,31-/m0/s1. The summed E-state index contributed by atoms with van der Waals surface area (Å²) in [4.78, 5) is 55.6. The van der Waals surface area contributed by atoms with Crippen molar-refractivity contribution in [3.8, 4) is 0 Å². The predicted octanol–water partition coefficient (Wildman–Crippen LogP) is 5.75. The second-order valence-electron chi connectivity index (χ2n) is 11.0. The number of carbonyl (C=O) groups is 4. The molecule has 3 aromatic rings. The summed E-state index contributed by atoms with van der Waals surface area (Å²) >= 11 is 0. The van der Waals surface area contributed by atoms with Crippen LogP contribution in [0.15, 0.2) is 103 Å². The van der Waals surface area contributed by atoms with Crippen LogP contribution in [-0.2, 0) is 38.3 Å². The molecular formula is C35H36N2O6. The lowest BCUT2D eigenvalue weighted by Gasteiger charge is -2.24. The lowest BCUT2D eigenvalue weighted by molar-refractivity contribution is -0.133. The topological polar surface area (TPSA) is 93.2 Å². The van der Waals surface area contributed by atoms with Crippen LogP contribution in [0.4, 0.5) is 9.59 Å². The van der Waals surface area contributed by atoms with Crippen LogP contribution in [0.2, 0.25) is 0 Å². The summed E-state index contributed by atoms with van der Waals surface area (Å²) in [6, 6.07) is 28.0. The number of nitrogens with zero attached hydrogens (tertiary/aromatic N) is 2. The first-order chi connectivity index (χ1) is 20.9. The smallest absolute Gasteiger partial charge is 0.417 e. The van der Waals surface area contributed by atoms with E-state index in [0.717, 1.165) is 16.7 Å². The molecule has 2 aliphatic rings. The molecule has 8 heteroatoms. The summed E-state index contributed by atoms with van der Waals surface area (Å²) < 4.78 is 10.6. The van der Waals surface area contributed by atoms with E-state index in [4.69, 9.17) is 9.47 Å². The Morgan fingerprint density at radius 1 is 0.744 bits per heavy atom. The summed E-state index contributed by atoms with van der Waals surface area (Å²) in [6.07, 6.45) is 2.40. The molecule has 0 unspecified atom stereocenters. The molecule has 2 fully saturated rings. The van der Waals surface area contributed by atoms with Crippen LogP contribution in [0, 0.1) is 5.92 Å². The number of carbonyl (C=O) groups excluding carboxylic acids is 4. The highest BCUT2D eigenvalue weighted by molar-refractivity contribution is 6.04. The van der Waals surface area contributed by atoms with E-state index in [2.05, 4.69) is 0 Å². The van der Waals surface area contributed by atoms with Gasteiger partial charge in [0.05, 0.1) is 12.1 Å². The number of rotatable bonds is 11. The first kappa shape index (κ1) is 29.8. The minimum absolute atomic E-state index is 0.119. The van der Waals surface area contributed by atoms with Gasteiger partial charge in [-0.15, -0.1) is 0 Å². The molecule has 4 amide bonds. The Kier molecular flexibility index (Phi) is 9.66. The molecule has 0 saturated carbocycles. The molecule has 8 nitrogen and oxygen atoms in total. The first-order valence-corrected chi connectivity index (χ1v) is 14.8. The minimum atomic E-state index is -0.670. The van der Waals surface area contributed by atoms with E-state index in [1.54, 1.807) is 6.08 Å². The van der Waals surface area contributed by atoms with Crippen molar-refractivity contribution in [1.29, 1.82) is 0 Å². The van der Waals surface area contributed by atoms with E-state index < -0.39 is 36.1 Å². The van der Waals surface area contributed by atoms with Crippen molar-refractivity contribution in [3.63, 3.8) is 0 Å². The van der Waals surface area contributed by atoms with Crippen molar-refractivity contribution in [2.75, 3.05) is 13.2 Å². The molecule has 0 N–H and O–H groups in total. The Morgan fingerprint density at radius 3 is 1.72 bits per heavy atom. The van der Waals surface area contributed by atoms with Crippen LogP contribution in [0.3, 0.4) is 0 Å². The van der Waals surface area contributed by atoms with Gasteiger partial charge < -0.3 is 9.47 Å². The third-order valence-corrected chi connectivity index (χ3v) is 8.01. The molecule has 0 radical (unpaired) electrons. The molecule has 0 aliphatic carbocycles. The minimum Gasteiger partial charge on any atom is -0.447 e. The SMILES string of the molecule is CC[C@@H](CC=C(Cc1ccccc1)C(=O)N1C(=O)OC[C@@H]1Cc1ccccc1)C(=O)N1C(=O)OC[C@@H]1Cc1ccccc1. The summed E-state index contributed by atoms with van der Waals surface area (Å²) in [5, 5.41) is 0. The van der Waals surface area contributed by atoms with Gasteiger partial charge in [-0.1, -0.05) is 104 Å². The third kappa shape index (κ3) is 7.20. The molecule has 2 aliphatic heterocycles. The van der Waals surface area contributed by atoms with E-state index in [-0.39, 0.29) is 32.0 Å². The van der Waals surface area contributed by atoms with Gasteiger partial charge in [-0.2, -0.15) is 0 Å². The predicted molar refractivity (Wildman–Crippen MR) is 161 cm³/mol. The highest BCUT2D eigenvalue weighted by Crippen LogP contribution is 2.26. The van der Waals surface area contributed by atoms with Crippen molar-refractivity contribution >= 4 is 24.0 Å². The van der Waals surface area contributed by atoms with E-state index >= 15 is 0 Å². The zero-order valence-electron chi connectivity index (χ0n) is 24.3. The number of cyclic esters (lactones) is 2. The van der Waals surface area contributed by atoms with E-state index in [0.29, 0.717) is 24.8 Å². The maximum Gasteiger partial charge on any atom is 0.417 e. The molecular weight excluding hydrogens is 544 g/mol. The largest absolute Gasteiger partial charge is 0.447 e. The van der Waals surface area contributed by atoms with Gasteiger partial charge in [-0.05, 0) is 42.4 Å². The summed E-state index contributed by atoms with van der Waals surface area (Å²) in [6.45, 7) is 2.15. The molecule has 222 valence electrons. The number of benzene rings is 3. The van der Waals surface area contributed by atoms with Gasteiger partial charge in [0.15, 0.2) is 0 Å². The van der Waals surface area contributed by atoms with Gasteiger partial charge >= 0.3 is 12.2 Å². The van der Waals surface area contributed by atoms with Crippen molar-refractivity contribution in [1.82, 2.24) is 9.80 Å². The van der Waals surface area contributed by atoms with E-state index in [9.17, 15) is 19.2 Å². The number of ether oxygens (including phenoxy) is 2. The Bertz CT molecular complexity index is 1460. The van der Waals surface area contributed by atoms with Crippen LogP contribution in [0.5, 0.6) is 0 Å². The fourth-order valence-electron chi connectivity index (χ4n) is 5.64. The second kappa shape index (κ2) is 14.0. The Morgan fingerprint density at radius 2 is 1.21 bits per heavy atom. The number of hydrogen-bond acceptors (Lipinski definition) is 6. The van der Waals surface area contributed by atoms with Gasteiger partial charge in [-0.25, -0.2) is 19.4 Å². The molecule has 0 spiro atoms. The fraction of sp³-hybridized carbons (Fsp3) is 0.314. The first-order valence-electron chi connectivity index (χ1n) is 14.8. The zero-order valence-corrected chi connectivity index (χ0v) is 24.3. The lowest BCUT2D eigenvalue weighted by Crippen LogP contribution is -2.43. The van der Waals surface area contributed by atoms with Crippen LogP contribution in [0.25, 0.3) is 0 Å². The number of imide groups is 2. The van der Waals surface area contributed by atoms with Gasteiger partial charge in [0.2, 0.25) is 5.91 Å².